The lowest BCUT2D eigenvalue weighted by molar-refractivity contribution is -0.141. The number of carboxylic acids is 1. The maximum atomic E-state index is 13.1. The number of carboxylic acid groups (broad SMARTS) is 1. The molecule has 4 atom stereocenters. The fourth-order valence-corrected chi connectivity index (χ4v) is 3.97. The van der Waals surface area contributed by atoms with Crippen molar-refractivity contribution in [2.75, 3.05) is 18.6 Å². The third kappa shape index (κ3) is 9.28. The molecular weight excluding hydrogens is 454 g/mol. The highest BCUT2D eigenvalue weighted by Gasteiger charge is 2.37. The predicted molar refractivity (Wildman–Crippen MR) is 121 cm³/mol. The molecular formula is C20H33N5O7S. The van der Waals surface area contributed by atoms with E-state index in [1.807, 2.05) is 6.26 Å². The van der Waals surface area contributed by atoms with Crippen LogP contribution >= 0.6 is 11.8 Å². The second-order valence-electron chi connectivity index (χ2n) is 7.85. The van der Waals surface area contributed by atoms with Gasteiger partial charge < -0.3 is 31.7 Å². The molecule has 1 saturated heterocycles. The van der Waals surface area contributed by atoms with Crippen LogP contribution in [0.1, 0.15) is 46.0 Å². The number of rotatable bonds is 13. The fraction of sp³-hybridized carbons (Fsp3) is 0.700. The second kappa shape index (κ2) is 13.7. The Hall–Kier alpha value is -2.83. The number of hydrogen-bond acceptors (Lipinski definition) is 7. The van der Waals surface area contributed by atoms with Crippen molar-refractivity contribution in [3.8, 4) is 0 Å². The van der Waals surface area contributed by atoms with E-state index >= 15 is 0 Å². The molecule has 1 rings (SSSR count). The van der Waals surface area contributed by atoms with E-state index in [1.54, 1.807) is 0 Å². The van der Waals surface area contributed by atoms with E-state index in [-0.39, 0.29) is 12.8 Å². The number of likely N-dealkylation sites (tertiary alicyclic amines) is 1. The SMILES string of the molecule is CSCCC(NC(=O)C(CCC(=O)O)NC(=O)C(C)NC(C)=O)C(=O)N1CCCC1C(N)=O. The first-order valence-corrected chi connectivity index (χ1v) is 12.1. The van der Waals surface area contributed by atoms with Crippen LogP contribution in [0.4, 0.5) is 0 Å². The Bertz CT molecular complexity index is 763. The minimum absolute atomic E-state index is 0.212. The third-order valence-electron chi connectivity index (χ3n) is 5.18. The highest BCUT2D eigenvalue weighted by atomic mass is 32.2. The molecule has 1 heterocycles. The lowest BCUT2D eigenvalue weighted by Gasteiger charge is -2.29. The summed E-state index contributed by atoms with van der Waals surface area (Å²) in [7, 11) is 0. The van der Waals surface area contributed by atoms with Gasteiger partial charge in [0.1, 0.15) is 24.2 Å². The Balaban J connectivity index is 2.99. The van der Waals surface area contributed by atoms with Crippen molar-refractivity contribution in [2.45, 2.75) is 70.1 Å². The summed E-state index contributed by atoms with van der Waals surface area (Å²) in [6.07, 6.45) is 2.56. The van der Waals surface area contributed by atoms with E-state index in [9.17, 15) is 28.8 Å². The number of amides is 5. The lowest BCUT2D eigenvalue weighted by Crippen LogP contribution is -2.57. The van der Waals surface area contributed by atoms with Crippen molar-refractivity contribution in [3.05, 3.63) is 0 Å². The average molecular weight is 488 g/mol. The highest BCUT2D eigenvalue weighted by molar-refractivity contribution is 7.98. The Morgan fingerprint density at radius 1 is 1.06 bits per heavy atom. The summed E-state index contributed by atoms with van der Waals surface area (Å²) in [6, 6.07) is -3.90. The monoisotopic (exact) mass is 487 g/mol. The smallest absolute Gasteiger partial charge is 0.303 e. The Labute approximate surface area is 196 Å². The molecule has 0 aromatic heterocycles. The normalized spacial score (nSPS) is 18.0. The van der Waals surface area contributed by atoms with Crippen LogP contribution in [0.2, 0.25) is 0 Å². The van der Waals surface area contributed by atoms with E-state index in [1.165, 1.54) is 30.5 Å². The largest absolute Gasteiger partial charge is 0.481 e. The summed E-state index contributed by atoms with van der Waals surface area (Å²) in [5.41, 5.74) is 5.40. The number of nitrogens with zero attached hydrogens (tertiary/aromatic N) is 1. The third-order valence-corrected chi connectivity index (χ3v) is 5.83. The standard InChI is InChI=1S/C20H33N5O7S/c1-11(22-12(2)26)18(30)23-13(6-7-16(27)28)19(31)24-14(8-10-33-3)20(32)25-9-4-5-15(25)17(21)29/h11,13-15H,4-10H2,1-3H3,(H2,21,29)(H,22,26)(H,23,30)(H,24,31)(H,27,28). The number of nitrogens with one attached hydrogen (secondary N) is 3. The number of carbonyl (C=O) groups is 6. The molecule has 6 N–H and O–H groups in total. The molecule has 1 aliphatic heterocycles. The van der Waals surface area contributed by atoms with Gasteiger partial charge in [-0.25, -0.2) is 0 Å². The number of aliphatic carboxylic acids is 1. The van der Waals surface area contributed by atoms with Crippen molar-refractivity contribution in [1.29, 1.82) is 0 Å². The molecule has 0 bridgehead atoms. The molecule has 0 aromatic rings. The van der Waals surface area contributed by atoms with Gasteiger partial charge in [0.05, 0.1) is 0 Å². The summed E-state index contributed by atoms with van der Waals surface area (Å²) in [6.45, 7) is 2.99. The molecule has 1 fully saturated rings. The van der Waals surface area contributed by atoms with E-state index in [4.69, 9.17) is 10.8 Å². The van der Waals surface area contributed by atoms with Gasteiger partial charge in [0.15, 0.2) is 0 Å². The van der Waals surface area contributed by atoms with Gasteiger partial charge in [-0.05, 0) is 44.6 Å². The van der Waals surface area contributed by atoms with Crippen LogP contribution in [-0.4, -0.2) is 88.2 Å². The van der Waals surface area contributed by atoms with Crippen molar-refractivity contribution in [3.63, 3.8) is 0 Å². The molecule has 33 heavy (non-hydrogen) atoms. The van der Waals surface area contributed by atoms with Gasteiger partial charge in [-0.1, -0.05) is 0 Å². The van der Waals surface area contributed by atoms with Crippen molar-refractivity contribution < 1.29 is 33.9 Å². The number of thioether (sulfide) groups is 1. The Kier molecular flexibility index (Phi) is 11.7. The minimum Gasteiger partial charge on any atom is -0.481 e. The van der Waals surface area contributed by atoms with Gasteiger partial charge >= 0.3 is 5.97 Å². The molecule has 5 amide bonds. The van der Waals surface area contributed by atoms with Crippen LogP contribution in [0.15, 0.2) is 0 Å². The molecule has 13 heteroatoms. The van der Waals surface area contributed by atoms with Crippen molar-refractivity contribution in [1.82, 2.24) is 20.9 Å². The molecule has 0 spiro atoms. The van der Waals surface area contributed by atoms with E-state index in [2.05, 4.69) is 16.0 Å². The quantitative estimate of drug-likeness (QED) is 0.209. The van der Waals surface area contributed by atoms with Crippen LogP contribution in [0, 0.1) is 0 Å². The molecule has 1 aliphatic rings. The van der Waals surface area contributed by atoms with Gasteiger partial charge in [0.2, 0.25) is 29.5 Å². The van der Waals surface area contributed by atoms with E-state index < -0.39 is 66.1 Å². The summed E-state index contributed by atoms with van der Waals surface area (Å²) in [5, 5.41) is 16.4. The first-order chi connectivity index (χ1) is 15.5. The minimum atomic E-state index is -1.24. The Morgan fingerprint density at radius 2 is 1.70 bits per heavy atom. The van der Waals surface area contributed by atoms with Crippen LogP contribution in [0.3, 0.4) is 0 Å². The van der Waals surface area contributed by atoms with Gasteiger partial charge in [0.25, 0.3) is 0 Å². The maximum Gasteiger partial charge on any atom is 0.303 e. The maximum absolute atomic E-state index is 13.1. The van der Waals surface area contributed by atoms with Crippen molar-refractivity contribution >= 4 is 47.3 Å². The van der Waals surface area contributed by atoms with Crippen LogP contribution < -0.4 is 21.7 Å². The summed E-state index contributed by atoms with van der Waals surface area (Å²) in [5.74, 6) is -3.53. The molecule has 0 radical (unpaired) electrons. The van der Waals surface area contributed by atoms with Crippen LogP contribution in [-0.2, 0) is 28.8 Å². The van der Waals surface area contributed by atoms with E-state index in [0.29, 0.717) is 25.1 Å². The van der Waals surface area contributed by atoms with Gasteiger partial charge in [-0.2, -0.15) is 11.8 Å². The molecule has 186 valence electrons. The number of primary amides is 1. The number of carbonyl (C=O) groups excluding carboxylic acids is 5. The first kappa shape index (κ1) is 28.2. The molecule has 0 aromatic carbocycles. The fourth-order valence-electron chi connectivity index (χ4n) is 3.50. The highest BCUT2D eigenvalue weighted by Crippen LogP contribution is 2.19. The first-order valence-electron chi connectivity index (χ1n) is 10.7. The Morgan fingerprint density at radius 3 is 2.24 bits per heavy atom. The molecule has 0 aliphatic carbocycles. The van der Waals surface area contributed by atoms with Crippen molar-refractivity contribution in [2.24, 2.45) is 5.73 Å². The zero-order valence-electron chi connectivity index (χ0n) is 19.1. The van der Waals surface area contributed by atoms with Gasteiger partial charge in [-0.3, -0.25) is 28.8 Å². The van der Waals surface area contributed by atoms with Gasteiger partial charge in [-0.15, -0.1) is 0 Å². The topological polar surface area (TPSA) is 188 Å². The summed E-state index contributed by atoms with van der Waals surface area (Å²) >= 11 is 1.47. The molecule has 4 unspecified atom stereocenters. The summed E-state index contributed by atoms with van der Waals surface area (Å²) in [4.78, 5) is 73.7. The molecule has 12 nitrogen and oxygen atoms in total. The zero-order chi connectivity index (χ0) is 25.1. The lowest BCUT2D eigenvalue weighted by atomic mass is 10.1. The predicted octanol–water partition coefficient (Wildman–Crippen LogP) is -1.43. The van der Waals surface area contributed by atoms with E-state index in [0.717, 1.165) is 0 Å². The average Bonchev–Trinajstić information content (AvgIpc) is 3.22. The second-order valence-corrected chi connectivity index (χ2v) is 8.84. The van der Waals surface area contributed by atoms with Crippen LogP contribution in [0.25, 0.3) is 0 Å². The number of nitrogens with two attached hydrogens (primary N) is 1. The van der Waals surface area contributed by atoms with Gasteiger partial charge in [0, 0.05) is 19.9 Å². The summed E-state index contributed by atoms with van der Waals surface area (Å²) < 4.78 is 0. The number of hydrogen-bond donors (Lipinski definition) is 5. The van der Waals surface area contributed by atoms with Crippen LogP contribution in [0.5, 0.6) is 0 Å². The zero-order valence-corrected chi connectivity index (χ0v) is 19.9. The molecule has 0 saturated carbocycles.